The molecule has 0 saturated carbocycles. The Morgan fingerprint density at radius 3 is 2.94 bits per heavy atom. The molecule has 3 heterocycles. The monoisotopic (exact) mass is 274 g/mol. The molecule has 1 aliphatic rings. The van der Waals surface area contributed by atoms with Gasteiger partial charge in [0.15, 0.2) is 0 Å². The number of alkyl halides is 3. The van der Waals surface area contributed by atoms with E-state index in [0.29, 0.717) is 13.0 Å². The van der Waals surface area contributed by atoms with E-state index in [2.05, 4.69) is 15.4 Å². The first-order valence-corrected chi connectivity index (χ1v) is 6.29. The second-order valence-corrected chi connectivity index (χ2v) is 4.77. The van der Waals surface area contributed by atoms with Gasteiger partial charge in [-0.2, -0.15) is 29.5 Å². The van der Waals surface area contributed by atoms with E-state index in [9.17, 15) is 13.2 Å². The third-order valence-electron chi connectivity index (χ3n) is 2.81. The van der Waals surface area contributed by atoms with Crippen LogP contribution in [0.4, 0.5) is 19.1 Å². The van der Waals surface area contributed by atoms with Gasteiger partial charge in [-0.15, -0.1) is 5.10 Å². The number of aromatic nitrogens is 3. The molecule has 0 amide bonds. The SMILES string of the molecule is FC(F)(F)c1nc2n(n1)C(c1ccsc1)CCN2. The Morgan fingerprint density at radius 1 is 1.44 bits per heavy atom. The average Bonchev–Trinajstić information content (AvgIpc) is 2.96. The zero-order valence-electron chi connectivity index (χ0n) is 9.11. The lowest BCUT2D eigenvalue weighted by Gasteiger charge is -2.23. The van der Waals surface area contributed by atoms with E-state index in [1.165, 1.54) is 16.0 Å². The normalized spacial score (nSPS) is 19.4. The van der Waals surface area contributed by atoms with Crippen molar-refractivity contribution in [3.05, 3.63) is 28.2 Å². The highest BCUT2D eigenvalue weighted by atomic mass is 32.1. The first-order valence-electron chi connectivity index (χ1n) is 5.35. The summed E-state index contributed by atoms with van der Waals surface area (Å²) in [6.45, 7) is 0.594. The fourth-order valence-electron chi connectivity index (χ4n) is 2.00. The van der Waals surface area contributed by atoms with Gasteiger partial charge < -0.3 is 5.32 Å². The zero-order chi connectivity index (χ0) is 12.8. The molecule has 96 valence electrons. The summed E-state index contributed by atoms with van der Waals surface area (Å²) in [4.78, 5) is 3.50. The summed E-state index contributed by atoms with van der Waals surface area (Å²) < 4.78 is 39.1. The maximum Gasteiger partial charge on any atom is 0.453 e. The van der Waals surface area contributed by atoms with Crippen molar-refractivity contribution in [1.82, 2.24) is 14.8 Å². The first kappa shape index (κ1) is 11.5. The fourth-order valence-corrected chi connectivity index (χ4v) is 2.70. The van der Waals surface area contributed by atoms with Crippen molar-refractivity contribution < 1.29 is 13.2 Å². The molecule has 1 N–H and O–H groups in total. The van der Waals surface area contributed by atoms with Crippen LogP contribution in [0.2, 0.25) is 0 Å². The number of anilines is 1. The largest absolute Gasteiger partial charge is 0.453 e. The highest BCUT2D eigenvalue weighted by Gasteiger charge is 2.38. The number of halogens is 3. The van der Waals surface area contributed by atoms with Crippen LogP contribution in [0.3, 0.4) is 0 Å². The predicted octanol–water partition coefficient (Wildman–Crippen LogP) is 2.76. The van der Waals surface area contributed by atoms with E-state index in [0.717, 1.165) is 5.56 Å². The Kier molecular flexibility index (Phi) is 2.54. The van der Waals surface area contributed by atoms with E-state index in [-0.39, 0.29) is 12.0 Å². The second-order valence-electron chi connectivity index (χ2n) is 3.99. The lowest BCUT2D eigenvalue weighted by Crippen LogP contribution is -2.24. The molecule has 0 aromatic carbocycles. The Balaban J connectivity index is 2.03. The molecule has 0 spiro atoms. The van der Waals surface area contributed by atoms with Crippen LogP contribution in [0.5, 0.6) is 0 Å². The van der Waals surface area contributed by atoms with Gasteiger partial charge in [0, 0.05) is 6.54 Å². The minimum absolute atomic E-state index is 0.170. The minimum Gasteiger partial charge on any atom is -0.354 e. The Hall–Kier alpha value is -1.57. The first-order chi connectivity index (χ1) is 8.55. The number of hydrogen-bond acceptors (Lipinski definition) is 4. The van der Waals surface area contributed by atoms with Crippen molar-refractivity contribution in [3.63, 3.8) is 0 Å². The lowest BCUT2D eigenvalue weighted by atomic mass is 10.1. The van der Waals surface area contributed by atoms with Crippen LogP contribution in [0, 0.1) is 0 Å². The van der Waals surface area contributed by atoms with Crippen LogP contribution < -0.4 is 5.32 Å². The van der Waals surface area contributed by atoms with Crippen molar-refractivity contribution in [1.29, 1.82) is 0 Å². The standard InChI is InChI=1S/C10H9F3N4S/c11-10(12,13)8-15-9-14-3-1-7(17(9)16-8)6-2-4-18-5-6/h2,4-5,7H,1,3H2,(H,14,15,16). The number of fused-ring (bicyclic) bond motifs is 1. The summed E-state index contributed by atoms with van der Waals surface area (Å²) >= 11 is 1.52. The Labute approximate surface area is 104 Å². The van der Waals surface area contributed by atoms with E-state index in [1.54, 1.807) is 0 Å². The molecule has 8 heteroatoms. The molecule has 0 fully saturated rings. The molecule has 1 atom stereocenters. The van der Waals surface area contributed by atoms with Crippen molar-refractivity contribution in [2.45, 2.75) is 18.6 Å². The number of thiophene rings is 1. The van der Waals surface area contributed by atoms with Gasteiger partial charge in [0.1, 0.15) is 0 Å². The van der Waals surface area contributed by atoms with Gasteiger partial charge in [0.2, 0.25) is 5.95 Å². The van der Waals surface area contributed by atoms with Gasteiger partial charge in [0.25, 0.3) is 5.82 Å². The second kappa shape index (κ2) is 3.98. The molecule has 0 radical (unpaired) electrons. The van der Waals surface area contributed by atoms with Crippen molar-refractivity contribution in [2.24, 2.45) is 0 Å². The van der Waals surface area contributed by atoms with Crippen molar-refractivity contribution >= 4 is 17.3 Å². The summed E-state index contributed by atoms with van der Waals surface area (Å²) in [7, 11) is 0. The van der Waals surface area contributed by atoms with E-state index in [1.807, 2.05) is 16.8 Å². The smallest absolute Gasteiger partial charge is 0.354 e. The van der Waals surface area contributed by atoms with Crippen LogP contribution in [-0.4, -0.2) is 21.3 Å². The average molecular weight is 274 g/mol. The van der Waals surface area contributed by atoms with Crippen LogP contribution >= 0.6 is 11.3 Å². The van der Waals surface area contributed by atoms with Gasteiger partial charge in [-0.3, -0.25) is 0 Å². The molecule has 2 aromatic rings. The summed E-state index contributed by atoms with van der Waals surface area (Å²) in [5.74, 6) is -0.906. The van der Waals surface area contributed by atoms with Crippen LogP contribution in [-0.2, 0) is 6.18 Å². The molecule has 4 nitrogen and oxygen atoms in total. The number of rotatable bonds is 1. The maximum atomic E-state index is 12.6. The molecule has 1 unspecified atom stereocenters. The van der Waals surface area contributed by atoms with Crippen LogP contribution in [0.25, 0.3) is 0 Å². The van der Waals surface area contributed by atoms with Gasteiger partial charge in [-0.1, -0.05) is 0 Å². The summed E-state index contributed by atoms with van der Waals surface area (Å²) in [5.41, 5.74) is 0.973. The summed E-state index contributed by atoms with van der Waals surface area (Å²) in [6.07, 6.45) is -3.81. The molecule has 0 bridgehead atoms. The highest BCUT2D eigenvalue weighted by Crippen LogP contribution is 2.33. The zero-order valence-corrected chi connectivity index (χ0v) is 9.92. The van der Waals surface area contributed by atoms with Gasteiger partial charge >= 0.3 is 6.18 Å². The molecule has 2 aromatic heterocycles. The number of nitrogens with zero attached hydrogens (tertiary/aromatic N) is 3. The third kappa shape index (κ3) is 1.86. The Bertz CT molecular complexity index is 546. The minimum atomic E-state index is -4.51. The van der Waals surface area contributed by atoms with Gasteiger partial charge in [-0.05, 0) is 28.8 Å². The fraction of sp³-hybridized carbons (Fsp3) is 0.400. The molecular weight excluding hydrogens is 265 g/mol. The Morgan fingerprint density at radius 2 is 2.28 bits per heavy atom. The van der Waals surface area contributed by atoms with Crippen LogP contribution in [0.1, 0.15) is 23.9 Å². The number of hydrogen-bond donors (Lipinski definition) is 1. The molecule has 0 saturated heterocycles. The summed E-state index contributed by atoms with van der Waals surface area (Å²) in [5, 5.41) is 10.2. The van der Waals surface area contributed by atoms with E-state index >= 15 is 0 Å². The van der Waals surface area contributed by atoms with Crippen molar-refractivity contribution in [3.8, 4) is 0 Å². The topological polar surface area (TPSA) is 42.7 Å². The van der Waals surface area contributed by atoms with Gasteiger partial charge in [0.05, 0.1) is 6.04 Å². The van der Waals surface area contributed by atoms with E-state index < -0.39 is 12.0 Å². The summed E-state index contributed by atoms with van der Waals surface area (Å²) in [6, 6.07) is 1.73. The van der Waals surface area contributed by atoms with Crippen molar-refractivity contribution in [2.75, 3.05) is 11.9 Å². The molecule has 0 aliphatic carbocycles. The quantitative estimate of drug-likeness (QED) is 0.869. The maximum absolute atomic E-state index is 12.6. The van der Waals surface area contributed by atoms with Gasteiger partial charge in [-0.25, -0.2) is 4.68 Å². The molecule has 3 rings (SSSR count). The number of nitrogens with one attached hydrogen (secondary N) is 1. The third-order valence-corrected chi connectivity index (χ3v) is 3.51. The molecule has 18 heavy (non-hydrogen) atoms. The molecule has 1 aliphatic heterocycles. The van der Waals surface area contributed by atoms with Crippen LogP contribution in [0.15, 0.2) is 16.8 Å². The van der Waals surface area contributed by atoms with E-state index in [4.69, 9.17) is 0 Å². The highest BCUT2D eigenvalue weighted by molar-refractivity contribution is 7.07. The lowest BCUT2D eigenvalue weighted by molar-refractivity contribution is -0.145. The molecular formula is C10H9F3N4S. The predicted molar refractivity (Wildman–Crippen MR) is 60.6 cm³/mol.